The SMILES string of the molecule is O=C(NCCc1cccc(OCC(F)(F)F)c1)NCc1ccc(C(=O)O)cc1. The Morgan fingerprint density at radius 2 is 1.71 bits per heavy atom. The first-order valence-corrected chi connectivity index (χ1v) is 8.35. The lowest BCUT2D eigenvalue weighted by Crippen LogP contribution is -2.36. The molecule has 0 heterocycles. The summed E-state index contributed by atoms with van der Waals surface area (Å²) in [5.74, 6) is -0.908. The number of carboxylic acid groups (broad SMARTS) is 1. The molecule has 0 fully saturated rings. The molecule has 0 unspecified atom stereocenters. The molecule has 0 aromatic heterocycles. The summed E-state index contributed by atoms with van der Waals surface area (Å²) in [6, 6.07) is 11.9. The summed E-state index contributed by atoms with van der Waals surface area (Å²) in [6.07, 6.45) is -3.98. The van der Waals surface area contributed by atoms with Crippen LogP contribution in [-0.2, 0) is 13.0 Å². The van der Waals surface area contributed by atoms with E-state index in [0.29, 0.717) is 6.42 Å². The number of carbonyl (C=O) groups excluding carboxylic acids is 1. The lowest BCUT2D eigenvalue weighted by molar-refractivity contribution is -0.153. The Morgan fingerprint density at radius 1 is 1.00 bits per heavy atom. The molecule has 0 aliphatic rings. The topological polar surface area (TPSA) is 87.7 Å². The molecule has 150 valence electrons. The molecule has 28 heavy (non-hydrogen) atoms. The molecule has 2 amide bonds. The van der Waals surface area contributed by atoms with Gasteiger partial charge in [0.1, 0.15) is 5.75 Å². The molecule has 3 N–H and O–H groups in total. The van der Waals surface area contributed by atoms with Crippen LogP contribution in [0, 0.1) is 0 Å². The van der Waals surface area contributed by atoms with Crippen molar-refractivity contribution in [3.63, 3.8) is 0 Å². The van der Waals surface area contributed by atoms with Crippen molar-refractivity contribution >= 4 is 12.0 Å². The van der Waals surface area contributed by atoms with Gasteiger partial charge in [-0.1, -0.05) is 24.3 Å². The highest BCUT2D eigenvalue weighted by Gasteiger charge is 2.28. The van der Waals surface area contributed by atoms with Gasteiger partial charge in [-0.2, -0.15) is 13.2 Å². The van der Waals surface area contributed by atoms with Crippen LogP contribution < -0.4 is 15.4 Å². The van der Waals surface area contributed by atoms with Gasteiger partial charge in [0.25, 0.3) is 0 Å². The van der Waals surface area contributed by atoms with Crippen LogP contribution in [0.5, 0.6) is 5.75 Å². The van der Waals surface area contributed by atoms with Gasteiger partial charge in [0.2, 0.25) is 0 Å². The Morgan fingerprint density at radius 3 is 2.36 bits per heavy atom. The molecule has 0 saturated heterocycles. The van der Waals surface area contributed by atoms with Crippen LogP contribution in [0.2, 0.25) is 0 Å². The molecule has 9 heteroatoms. The number of ether oxygens (including phenoxy) is 1. The van der Waals surface area contributed by atoms with Crippen molar-refractivity contribution in [1.82, 2.24) is 10.6 Å². The van der Waals surface area contributed by atoms with E-state index in [4.69, 9.17) is 5.11 Å². The Bertz CT molecular complexity index is 808. The fraction of sp³-hybridized carbons (Fsp3) is 0.263. The third-order valence-electron chi connectivity index (χ3n) is 3.65. The van der Waals surface area contributed by atoms with Gasteiger partial charge in [-0.15, -0.1) is 0 Å². The normalized spacial score (nSPS) is 11.0. The van der Waals surface area contributed by atoms with Gasteiger partial charge in [0.05, 0.1) is 5.56 Å². The van der Waals surface area contributed by atoms with Crippen LogP contribution in [0.1, 0.15) is 21.5 Å². The number of urea groups is 1. The highest BCUT2D eigenvalue weighted by molar-refractivity contribution is 5.87. The van der Waals surface area contributed by atoms with Gasteiger partial charge in [0, 0.05) is 13.1 Å². The highest BCUT2D eigenvalue weighted by atomic mass is 19.4. The van der Waals surface area contributed by atoms with Crippen LogP contribution in [-0.4, -0.2) is 36.4 Å². The summed E-state index contributed by atoms with van der Waals surface area (Å²) in [6.45, 7) is -0.844. The predicted octanol–water partition coefficient (Wildman–Crippen LogP) is 3.37. The first-order valence-electron chi connectivity index (χ1n) is 8.35. The molecule has 2 aromatic carbocycles. The number of hydrogen-bond acceptors (Lipinski definition) is 3. The molecule has 2 rings (SSSR count). The summed E-state index contributed by atoms with van der Waals surface area (Å²) in [7, 11) is 0. The zero-order chi connectivity index (χ0) is 20.6. The van der Waals surface area contributed by atoms with Crippen LogP contribution in [0.4, 0.5) is 18.0 Å². The Balaban J connectivity index is 1.72. The average Bonchev–Trinajstić information content (AvgIpc) is 2.65. The number of aromatic carboxylic acids is 1. The second-order valence-corrected chi connectivity index (χ2v) is 5.91. The van der Waals surface area contributed by atoms with E-state index in [2.05, 4.69) is 15.4 Å². The fourth-order valence-corrected chi connectivity index (χ4v) is 2.29. The van der Waals surface area contributed by atoms with E-state index in [9.17, 15) is 22.8 Å². The molecule has 0 bridgehead atoms. The van der Waals surface area contributed by atoms with Gasteiger partial charge in [-0.3, -0.25) is 0 Å². The lowest BCUT2D eigenvalue weighted by Gasteiger charge is -2.11. The Hall–Kier alpha value is -3.23. The van der Waals surface area contributed by atoms with E-state index < -0.39 is 24.8 Å². The second kappa shape index (κ2) is 9.63. The summed E-state index contributed by atoms with van der Waals surface area (Å²) in [5.41, 5.74) is 1.63. The first kappa shape index (κ1) is 21.1. The van der Waals surface area contributed by atoms with Crippen molar-refractivity contribution in [3.8, 4) is 5.75 Å². The van der Waals surface area contributed by atoms with Crippen molar-refractivity contribution in [2.75, 3.05) is 13.2 Å². The average molecular weight is 396 g/mol. The fourth-order valence-electron chi connectivity index (χ4n) is 2.29. The molecule has 0 saturated carbocycles. The molecule has 6 nitrogen and oxygen atoms in total. The third-order valence-corrected chi connectivity index (χ3v) is 3.65. The Labute approximate surface area is 159 Å². The van der Waals surface area contributed by atoms with Crippen molar-refractivity contribution in [2.45, 2.75) is 19.1 Å². The van der Waals surface area contributed by atoms with Gasteiger partial charge in [-0.25, -0.2) is 9.59 Å². The van der Waals surface area contributed by atoms with Crippen molar-refractivity contribution < 1.29 is 32.6 Å². The largest absolute Gasteiger partial charge is 0.484 e. The predicted molar refractivity (Wildman–Crippen MR) is 95.3 cm³/mol. The lowest BCUT2D eigenvalue weighted by atomic mass is 10.1. The smallest absolute Gasteiger partial charge is 0.422 e. The molecule has 2 aromatic rings. The van der Waals surface area contributed by atoms with Gasteiger partial charge >= 0.3 is 18.2 Å². The Kier molecular flexibility index (Phi) is 7.25. The third kappa shape index (κ3) is 7.56. The molecule has 0 spiro atoms. The number of carbonyl (C=O) groups is 2. The van der Waals surface area contributed by atoms with E-state index in [-0.39, 0.29) is 24.4 Å². The van der Waals surface area contributed by atoms with Gasteiger partial charge in [-0.05, 0) is 41.8 Å². The first-order chi connectivity index (χ1) is 13.2. The quantitative estimate of drug-likeness (QED) is 0.639. The van der Waals surface area contributed by atoms with Crippen LogP contribution in [0.25, 0.3) is 0 Å². The second-order valence-electron chi connectivity index (χ2n) is 5.91. The highest BCUT2D eigenvalue weighted by Crippen LogP contribution is 2.19. The number of amides is 2. The molecule has 0 atom stereocenters. The summed E-state index contributed by atoms with van der Waals surface area (Å²) in [5, 5.41) is 14.1. The minimum Gasteiger partial charge on any atom is -0.484 e. The minimum atomic E-state index is -4.40. The molecule has 0 radical (unpaired) electrons. The summed E-state index contributed by atoms with van der Waals surface area (Å²) >= 11 is 0. The number of halogens is 3. The van der Waals surface area contributed by atoms with Crippen LogP contribution in [0.15, 0.2) is 48.5 Å². The molecule has 0 aliphatic heterocycles. The van der Waals surface area contributed by atoms with Crippen LogP contribution in [0.3, 0.4) is 0 Å². The number of alkyl halides is 3. The van der Waals surface area contributed by atoms with E-state index >= 15 is 0 Å². The van der Waals surface area contributed by atoms with Gasteiger partial charge < -0.3 is 20.5 Å². The number of hydrogen-bond donors (Lipinski definition) is 3. The zero-order valence-electron chi connectivity index (χ0n) is 14.8. The monoisotopic (exact) mass is 396 g/mol. The molecular formula is C19H19F3N2O4. The summed E-state index contributed by atoms with van der Waals surface area (Å²) in [4.78, 5) is 22.6. The molecular weight excluding hydrogens is 377 g/mol. The number of benzene rings is 2. The summed E-state index contributed by atoms with van der Waals surface area (Å²) < 4.78 is 41.2. The van der Waals surface area contributed by atoms with Crippen molar-refractivity contribution in [3.05, 3.63) is 65.2 Å². The number of rotatable bonds is 8. The van der Waals surface area contributed by atoms with E-state index in [0.717, 1.165) is 11.1 Å². The minimum absolute atomic E-state index is 0.115. The van der Waals surface area contributed by atoms with E-state index in [1.165, 1.54) is 24.3 Å². The number of nitrogens with one attached hydrogen (secondary N) is 2. The zero-order valence-corrected chi connectivity index (χ0v) is 14.8. The standard InChI is InChI=1S/C19H19F3N2O4/c20-19(21,22)12-28-16-3-1-2-13(10-16)8-9-23-18(27)24-11-14-4-6-15(7-5-14)17(25)26/h1-7,10H,8-9,11-12H2,(H,25,26)(H2,23,24,27). The number of carboxylic acids is 1. The maximum absolute atomic E-state index is 12.2. The van der Waals surface area contributed by atoms with Crippen molar-refractivity contribution in [1.29, 1.82) is 0 Å². The maximum atomic E-state index is 12.2. The maximum Gasteiger partial charge on any atom is 0.422 e. The van der Waals surface area contributed by atoms with Gasteiger partial charge in [0.15, 0.2) is 6.61 Å². The van der Waals surface area contributed by atoms with Crippen LogP contribution >= 0.6 is 0 Å². The molecule has 0 aliphatic carbocycles. The van der Waals surface area contributed by atoms with E-state index in [1.807, 2.05) is 0 Å². The van der Waals surface area contributed by atoms with Crippen molar-refractivity contribution in [2.24, 2.45) is 0 Å². The van der Waals surface area contributed by atoms with E-state index in [1.54, 1.807) is 24.3 Å².